The van der Waals surface area contributed by atoms with Crippen molar-refractivity contribution < 1.29 is 47.4 Å². The van der Waals surface area contributed by atoms with Crippen LogP contribution < -0.4 is 69.2 Å². The third kappa shape index (κ3) is 35.8. The number of benzene rings is 4. The fourth-order valence-electron chi connectivity index (χ4n) is 17.1. The maximum absolute atomic E-state index is 5.72. The molecule has 0 saturated carbocycles. The highest BCUT2D eigenvalue weighted by molar-refractivity contribution is 5.60. The molecule has 16 heterocycles. The van der Waals surface area contributed by atoms with Crippen molar-refractivity contribution >= 4 is 17.3 Å². The van der Waals surface area contributed by atoms with Gasteiger partial charge in [0.1, 0.15) is 49.4 Å². The van der Waals surface area contributed by atoms with Gasteiger partial charge in [-0.05, 0) is 271 Å². The number of nitrogens with zero attached hydrogens (tertiary/aromatic N) is 6. The van der Waals surface area contributed by atoms with Crippen LogP contribution >= 0.6 is 0 Å². The number of ether oxygens (including phenoxy) is 10. The molecule has 20 rings (SSSR count). The summed E-state index contributed by atoms with van der Waals surface area (Å²) in [6.07, 6.45) is 26.5. The van der Waals surface area contributed by atoms with Crippen LogP contribution in [0.1, 0.15) is 359 Å². The van der Waals surface area contributed by atoms with Crippen LogP contribution in [0.5, 0.6) is 52.1 Å². The third-order valence-electron chi connectivity index (χ3n) is 27.1. The minimum absolute atomic E-state index is 0.123. The molecule has 0 saturated heterocycles. The van der Waals surface area contributed by atoms with Crippen LogP contribution in [0.25, 0.3) is 0 Å². The van der Waals surface area contributed by atoms with Crippen molar-refractivity contribution in [3.8, 4) is 52.1 Å². The van der Waals surface area contributed by atoms with E-state index < -0.39 is 0 Å². The number of aryl methyl sites for hydroxylation is 5. The van der Waals surface area contributed by atoms with Gasteiger partial charge < -0.3 is 74.0 Å². The van der Waals surface area contributed by atoms with Gasteiger partial charge in [0.25, 0.3) is 0 Å². The lowest BCUT2D eigenvalue weighted by Crippen LogP contribution is -2.20. The molecule has 10 aliphatic rings. The quantitative estimate of drug-likeness (QED) is 0.0950. The van der Waals surface area contributed by atoms with E-state index in [1.807, 2.05) is 37.2 Å². The second kappa shape index (κ2) is 51.5. The smallest absolute Gasteiger partial charge is 0.217 e. The molecule has 146 heavy (non-hydrogen) atoms. The van der Waals surface area contributed by atoms with E-state index in [4.69, 9.17) is 47.4 Å². The fraction of sp³-hybridized carbons (Fsp3) is 0.568. The first-order chi connectivity index (χ1) is 68.7. The Morgan fingerprint density at radius 3 is 1.01 bits per heavy atom. The van der Waals surface area contributed by atoms with Gasteiger partial charge in [0, 0.05) is 105 Å². The first-order valence-corrected chi connectivity index (χ1v) is 54.1. The monoisotopic (exact) mass is 2000 g/mol. The van der Waals surface area contributed by atoms with E-state index in [-0.39, 0.29) is 54.1 Å². The molecule has 4 aromatic carbocycles. The molecule has 0 fully saturated rings. The fourth-order valence-corrected chi connectivity index (χ4v) is 17.1. The average Bonchev–Trinajstić information content (AvgIpc) is 1.44. The molecule has 0 unspecified atom stereocenters. The van der Waals surface area contributed by atoms with Crippen molar-refractivity contribution in [3.63, 3.8) is 0 Å². The topological polar surface area (TPSA) is 230 Å². The molecule has 0 amide bonds. The minimum atomic E-state index is 0.123. The van der Waals surface area contributed by atoms with Crippen LogP contribution in [-0.4, -0.2) is 129 Å². The minimum Gasteiger partial charge on any atom is -0.493 e. The number of nitrogens with one attached hydrogen (secondary N) is 5. The van der Waals surface area contributed by atoms with E-state index in [0.29, 0.717) is 13.2 Å². The van der Waals surface area contributed by atoms with Crippen LogP contribution in [0.15, 0.2) is 146 Å². The van der Waals surface area contributed by atoms with Crippen LogP contribution in [-0.2, 0) is 111 Å². The molecule has 6 aromatic heterocycles. The van der Waals surface area contributed by atoms with E-state index in [0.717, 1.165) is 232 Å². The van der Waals surface area contributed by atoms with E-state index >= 15 is 0 Å². The molecule has 21 nitrogen and oxygen atoms in total. The first kappa shape index (κ1) is 116. The molecule has 10 aliphatic heterocycles. The second-order valence-electron chi connectivity index (χ2n) is 50.1. The van der Waals surface area contributed by atoms with Gasteiger partial charge in [0.05, 0.1) is 57.6 Å². The van der Waals surface area contributed by atoms with Gasteiger partial charge in [-0.25, -0.2) is 24.9 Å². The Hall–Kier alpha value is -10.7. The van der Waals surface area contributed by atoms with Crippen molar-refractivity contribution in [2.45, 2.75) is 365 Å². The molecule has 0 bridgehead atoms. The molecule has 0 radical (unpaired) electrons. The van der Waals surface area contributed by atoms with Gasteiger partial charge in [-0.1, -0.05) is 256 Å². The lowest BCUT2D eigenvalue weighted by Gasteiger charge is -2.24. The van der Waals surface area contributed by atoms with Crippen LogP contribution in [0.3, 0.4) is 0 Å². The first-order valence-electron chi connectivity index (χ1n) is 54.1. The Kier molecular flexibility index (Phi) is 40.7. The lowest BCUT2D eigenvalue weighted by molar-refractivity contribution is 0.122. The zero-order valence-corrected chi connectivity index (χ0v) is 95.0. The number of rotatable bonds is 0. The van der Waals surface area contributed by atoms with E-state index in [2.05, 4.69) is 373 Å². The zero-order chi connectivity index (χ0) is 106. The molecule has 5 N–H and O–H groups in total. The summed E-state index contributed by atoms with van der Waals surface area (Å²) < 4.78 is 55.9. The number of pyridine rings is 6. The number of aromatic nitrogens is 6. The van der Waals surface area contributed by atoms with Gasteiger partial charge in [0.15, 0.2) is 23.1 Å². The number of hydrogen-bond acceptors (Lipinski definition) is 21. The summed E-state index contributed by atoms with van der Waals surface area (Å²) in [5, 5.41) is 16.5. The predicted octanol–water partition coefficient (Wildman–Crippen LogP) is 27.5. The van der Waals surface area contributed by atoms with E-state index in [1.165, 1.54) is 127 Å². The second-order valence-corrected chi connectivity index (χ2v) is 50.1. The summed E-state index contributed by atoms with van der Waals surface area (Å²) in [6.45, 7) is 81.4. The molecule has 10 aromatic rings. The SMILES string of the molecule is CC(C)(C)c1ccc2c(c1)CCCCO2.CC(C)(C)c1ccc2c(c1)CCCO2.CC(C)(C)c1ccc2c(c1)CNCCO2.CC(C)(C)c1ccc2c(c1)OCCN2.CC(C)(C)c1cnc2c(c1)CCCCO2.CC(C)(C)c1cnc2c(c1)CCCO2.CC(C)(C)c1cnc2c(c1)CCCOC2.CC(C)(C)c1cnc2c(c1)CNCCO2.CC(C)(C)c1cnc2c(c1)OCCCN2.CC(C)(C)c1cnc2c(c1)OCCN2. The number of anilines is 3. The lowest BCUT2D eigenvalue weighted by atomic mass is 9.85. The van der Waals surface area contributed by atoms with Gasteiger partial charge in [-0.3, -0.25) is 4.98 Å². The molecule has 0 aliphatic carbocycles. The Labute approximate surface area is 878 Å². The van der Waals surface area contributed by atoms with Crippen molar-refractivity contribution in [2.75, 3.05) is 115 Å². The summed E-state index contributed by atoms with van der Waals surface area (Å²) in [6, 6.07) is 39.4. The van der Waals surface area contributed by atoms with Gasteiger partial charge in [-0.15, -0.1) is 0 Å². The Bertz CT molecular complexity index is 4990. The maximum atomic E-state index is 5.72. The van der Waals surface area contributed by atoms with Crippen molar-refractivity contribution in [1.29, 1.82) is 0 Å². The molecule has 0 atom stereocenters. The highest BCUT2D eigenvalue weighted by atomic mass is 16.5. The highest BCUT2D eigenvalue weighted by Crippen LogP contribution is 2.41. The molecule has 21 heteroatoms. The van der Waals surface area contributed by atoms with Gasteiger partial charge in [-0.2, -0.15) is 0 Å². The molecule has 796 valence electrons. The van der Waals surface area contributed by atoms with Gasteiger partial charge in [0.2, 0.25) is 17.6 Å². The molecule has 0 spiro atoms. The third-order valence-corrected chi connectivity index (χ3v) is 27.1. The molecular weight excluding hydrogens is 1820 g/mol. The van der Waals surface area contributed by atoms with Crippen molar-refractivity contribution in [2.24, 2.45) is 0 Å². The van der Waals surface area contributed by atoms with E-state index in [1.54, 1.807) is 0 Å². The predicted molar refractivity (Wildman–Crippen MR) is 602 cm³/mol. The van der Waals surface area contributed by atoms with Crippen LogP contribution in [0.2, 0.25) is 0 Å². The Morgan fingerprint density at radius 2 is 0.507 bits per heavy atom. The van der Waals surface area contributed by atoms with Crippen LogP contribution in [0.4, 0.5) is 17.3 Å². The zero-order valence-electron chi connectivity index (χ0n) is 95.0. The summed E-state index contributed by atoms with van der Waals surface area (Å²) in [5.41, 5.74) is 26.3. The van der Waals surface area contributed by atoms with Crippen LogP contribution in [0, 0.1) is 0 Å². The maximum Gasteiger partial charge on any atom is 0.217 e. The largest absolute Gasteiger partial charge is 0.493 e. The summed E-state index contributed by atoms with van der Waals surface area (Å²) in [4.78, 5) is 26.5. The number of fused-ring (bicyclic) bond motifs is 10. The van der Waals surface area contributed by atoms with Gasteiger partial charge >= 0.3 is 0 Å². The Balaban J connectivity index is 0.000000154. The number of hydrogen-bond donors (Lipinski definition) is 5. The Morgan fingerprint density at radius 1 is 0.212 bits per heavy atom. The summed E-state index contributed by atoms with van der Waals surface area (Å²) in [7, 11) is 0. The van der Waals surface area contributed by atoms with E-state index in [9.17, 15) is 0 Å². The highest BCUT2D eigenvalue weighted by Gasteiger charge is 2.29. The van der Waals surface area contributed by atoms with Crippen molar-refractivity contribution in [1.82, 2.24) is 40.5 Å². The molecular formula is C125H181N11O10. The summed E-state index contributed by atoms with van der Waals surface area (Å²) in [5.74, 6) is 10.2. The standard InChI is InChI=1S/C14H20O.3C13H19NO.C13H18O.2C12H18N2O.2C12H17NO.C11H16N2O/c1-14(2,3)12-7-8-13-11(10-12)6-4-5-9-15-13;1-13(2,3)11-4-5-12-10(8-11)9-14-6-7-15-12;1-13(2,3)11-7-10-5-4-6-15-9-12(10)14-8-11;1-13(2,3)11-8-10-6-4-5-7-15-12(10)14-9-11;1-13(2,3)11-6-7-12-10(9-11)5-4-8-14-12;1-12(2,3)10-6-9-7-13-4-5-15-11(9)14-8-10;1-12(2,3)9-7-10-11(14-8-9)13-5-4-6-15-10;1-12(2,3)9-4-5-10-11(8-9)14-7-6-13-10;1-12(2,3)10-7-9-5-4-6-14-11(9)13-8-10;1-11(2,3)8-6-9-10(13-7-8)12-4-5-14-9/h7-8,10H,4-6,9H2,1-3H3;4-5,8,14H,6-7,9H2,1-3H3;7-8H,4-6,9H2,1-3H3;8-9H,4-7H2,1-3H3;6-7,9H,4-5,8H2,1-3H3;6,8,13H,4-5,7H2,1-3H3;7-8H,4-6H2,1-3H3,(H,13,14);4-5,8,13H,6-7H2,1-3H3;7-8H,4-6H2,1-3H3;6-7H,4-5H2,1-3H3,(H,12,13). The summed E-state index contributed by atoms with van der Waals surface area (Å²) >= 11 is 0. The average molecular weight is 2000 g/mol. The van der Waals surface area contributed by atoms with Crippen molar-refractivity contribution in [3.05, 3.63) is 247 Å². The normalized spacial score (nSPS) is 16.2.